The number of hydrogen-bond donors (Lipinski definition) is 3. The summed E-state index contributed by atoms with van der Waals surface area (Å²) in [5, 5.41) is 6.16. The number of carbonyl (C=O) groups excluding carboxylic acids is 1. The van der Waals surface area contributed by atoms with Crippen LogP contribution in [-0.2, 0) is 20.2 Å². The van der Waals surface area contributed by atoms with Crippen molar-refractivity contribution in [3.8, 4) is 0 Å². The van der Waals surface area contributed by atoms with Crippen molar-refractivity contribution in [3.63, 3.8) is 0 Å². The zero-order valence-electron chi connectivity index (χ0n) is 15.7. The SMILES string of the molecule is CC(C)(C)c1ccc(S(=O)(=O)NCCC(=O)N[C@H]2CCCNC2)cc1.Cl. The first-order valence-electron chi connectivity index (χ1n) is 8.79. The Bertz CT molecular complexity index is 679. The first-order valence-corrected chi connectivity index (χ1v) is 10.3. The van der Waals surface area contributed by atoms with Crippen molar-refractivity contribution in [1.29, 1.82) is 0 Å². The van der Waals surface area contributed by atoms with Crippen LogP contribution in [0, 0.1) is 0 Å². The van der Waals surface area contributed by atoms with E-state index in [0.717, 1.165) is 31.5 Å². The second kappa shape index (κ2) is 9.69. The monoisotopic (exact) mass is 403 g/mol. The molecule has 1 heterocycles. The van der Waals surface area contributed by atoms with Gasteiger partial charge in [-0.3, -0.25) is 4.79 Å². The molecule has 0 aromatic heterocycles. The molecular weight excluding hydrogens is 374 g/mol. The molecule has 0 bridgehead atoms. The summed E-state index contributed by atoms with van der Waals surface area (Å²) in [6, 6.07) is 7.02. The number of piperidine rings is 1. The molecule has 1 fully saturated rings. The van der Waals surface area contributed by atoms with Crippen LogP contribution in [0.5, 0.6) is 0 Å². The minimum Gasteiger partial charge on any atom is -0.352 e. The quantitative estimate of drug-likeness (QED) is 0.677. The lowest BCUT2D eigenvalue weighted by molar-refractivity contribution is -0.121. The number of benzene rings is 1. The molecular formula is C18H30ClN3O3S. The molecule has 8 heteroatoms. The molecule has 0 aliphatic carbocycles. The van der Waals surface area contributed by atoms with Gasteiger partial charge in [-0.2, -0.15) is 0 Å². The fourth-order valence-corrected chi connectivity index (χ4v) is 3.82. The van der Waals surface area contributed by atoms with Crippen molar-refractivity contribution >= 4 is 28.3 Å². The highest BCUT2D eigenvalue weighted by Gasteiger charge is 2.19. The third-order valence-corrected chi connectivity index (χ3v) is 5.81. The van der Waals surface area contributed by atoms with Crippen molar-refractivity contribution in [1.82, 2.24) is 15.4 Å². The highest BCUT2D eigenvalue weighted by molar-refractivity contribution is 7.89. The minimum atomic E-state index is -3.59. The van der Waals surface area contributed by atoms with Crippen molar-refractivity contribution in [2.45, 2.75) is 56.4 Å². The Morgan fingerprint density at radius 3 is 2.42 bits per heavy atom. The Labute approximate surface area is 163 Å². The molecule has 1 amide bonds. The van der Waals surface area contributed by atoms with Crippen LogP contribution in [0.3, 0.4) is 0 Å². The molecule has 0 unspecified atom stereocenters. The highest BCUT2D eigenvalue weighted by Crippen LogP contribution is 2.23. The van der Waals surface area contributed by atoms with E-state index in [2.05, 4.69) is 36.1 Å². The minimum absolute atomic E-state index is 0. The van der Waals surface area contributed by atoms with E-state index in [0.29, 0.717) is 0 Å². The van der Waals surface area contributed by atoms with E-state index in [1.807, 2.05) is 12.1 Å². The molecule has 0 spiro atoms. The molecule has 2 rings (SSSR count). The van der Waals surface area contributed by atoms with Gasteiger partial charge in [-0.15, -0.1) is 12.4 Å². The predicted molar refractivity (Wildman–Crippen MR) is 106 cm³/mol. The number of sulfonamides is 1. The van der Waals surface area contributed by atoms with Crippen LogP contribution in [0.25, 0.3) is 0 Å². The summed E-state index contributed by atoms with van der Waals surface area (Å²) in [6.07, 6.45) is 2.14. The Morgan fingerprint density at radius 1 is 1.23 bits per heavy atom. The van der Waals surface area contributed by atoms with E-state index >= 15 is 0 Å². The second-order valence-corrected chi connectivity index (χ2v) is 9.30. The van der Waals surface area contributed by atoms with Crippen LogP contribution in [0.2, 0.25) is 0 Å². The van der Waals surface area contributed by atoms with Crippen LogP contribution < -0.4 is 15.4 Å². The maximum atomic E-state index is 12.3. The maximum absolute atomic E-state index is 12.3. The molecule has 26 heavy (non-hydrogen) atoms. The summed E-state index contributed by atoms with van der Waals surface area (Å²) in [4.78, 5) is 12.1. The van der Waals surface area contributed by atoms with Gasteiger partial charge >= 0.3 is 0 Å². The van der Waals surface area contributed by atoms with E-state index in [1.54, 1.807) is 12.1 Å². The molecule has 0 radical (unpaired) electrons. The number of carbonyl (C=O) groups is 1. The molecule has 1 aliphatic heterocycles. The van der Waals surface area contributed by atoms with Crippen molar-refractivity contribution < 1.29 is 13.2 Å². The van der Waals surface area contributed by atoms with E-state index in [1.165, 1.54) is 0 Å². The zero-order chi connectivity index (χ0) is 18.5. The van der Waals surface area contributed by atoms with E-state index in [4.69, 9.17) is 0 Å². The van der Waals surface area contributed by atoms with Crippen molar-refractivity contribution in [3.05, 3.63) is 29.8 Å². The largest absolute Gasteiger partial charge is 0.352 e. The summed E-state index contributed by atoms with van der Waals surface area (Å²) in [5.41, 5.74) is 1.05. The normalized spacial score (nSPS) is 18.0. The summed E-state index contributed by atoms with van der Waals surface area (Å²) in [6.45, 7) is 8.09. The Kier molecular flexibility index (Phi) is 8.53. The van der Waals surface area contributed by atoms with Crippen LogP contribution in [0.15, 0.2) is 29.2 Å². The Balaban J connectivity index is 0.00000338. The average molecular weight is 404 g/mol. The molecule has 1 atom stereocenters. The predicted octanol–water partition coefficient (Wildman–Crippen LogP) is 1.94. The van der Waals surface area contributed by atoms with Crippen LogP contribution in [0.4, 0.5) is 0 Å². The van der Waals surface area contributed by atoms with Gasteiger partial charge in [0, 0.05) is 25.6 Å². The average Bonchev–Trinajstić information content (AvgIpc) is 2.55. The molecule has 148 valence electrons. The van der Waals surface area contributed by atoms with Crippen LogP contribution in [0.1, 0.15) is 45.6 Å². The van der Waals surface area contributed by atoms with E-state index < -0.39 is 10.0 Å². The number of halogens is 1. The number of nitrogens with one attached hydrogen (secondary N) is 3. The maximum Gasteiger partial charge on any atom is 0.240 e. The third kappa shape index (κ3) is 6.87. The molecule has 1 saturated heterocycles. The third-order valence-electron chi connectivity index (χ3n) is 4.34. The lowest BCUT2D eigenvalue weighted by atomic mass is 9.87. The number of rotatable bonds is 6. The van der Waals surface area contributed by atoms with Gasteiger partial charge in [-0.05, 0) is 42.5 Å². The van der Waals surface area contributed by atoms with Crippen LogP contribution >= 0.6 is 12.4 Å². The molecule has 1 aliphatic rings. The van der Waals surface area contributed by atoms with Gasteiger partial charge in [-0.1, -0.05) is 32.9 Å². The lowest BCUT2D eigenvalue weighted by Crippen LogP contribution is -2.46. The molecule has 6 nitrogen and oxygen atoms in total. The fraction of sp³-hybridized carbons (Fsp3) is 0.611. The van der Waals surface area contributed by atoms with Gasteiger partial charge in [0.2, 0.25) is 15.9 Å². The number of hydrogen-bond acceptors (Lipinski definition) is 4. The summed E-state index contributed by atoms with van der Waals surface area (Å²) >= 11 is 0. The summed E-state index contributed by atoms with van der Waals surface area (Å²) < 4.78 is 27.1. The van der Waals surface area contributed by atoms with Gasteiger partial charge < -0.3 is 10.6 Å². The molecule has 1 aromatic rings. The first-order chi connectivity index (χ1) is 11.7. The van der Waals surface area contributed by atoms with E-state index in [-0.39, 0.29) is 47.6 Å². The number of amides is 1. The molecule has 0 saturated carbocycles. The topological polar surface area (TPSA) is 87.3 Å². The van der Waals surface area contributed by atoms with Gasteiger partial charge in [0.1, 0.15) is 0 Å². The lowest BCUT2D eigenvalue weighted by Gasteiger charge is -2.23. The van der Waals surface area contributed by atoms with Gasteiger partial charge in [0.05, 0.1) is 4.90 Å². The van der Waals surface area contributed by atoms with E-state index in [9.17, 15) is 13.2 Å². The van der Waals surface area contributed by atoms with Gasteiger partial charge in [0.25, 0.3) is 0 Å². The summed E-state index contributed by atoms with van der Waals surface area (Å²) in [7, 11) is -3.59. The molecule has 1 aromatic carbocycles. The van der Waals surface area contributed by atoms with Gasteiger partial charge in [-0.25, -0.2) is 13.1 Å². The zero-order valence-corrected chi connectivity index (χ0v) is 17.3. The molecule has 3 N–H and O–H groups in total. The Hall–Kier alpha value is -1.15. The first kappa shape index (κ1) is 22.9. The van der Waals surface area contributed by atoms with Crippen molar-refractivity contribution in [2.75, 3.05) is 19.6 Å². The van der Waals surface area contributed by atoms with Gasteiger partial charge in [0.15, 0.2) is 0 Å². The smallest absolute Gasteiger partial charge is 0.240 e. The highest BCUT2D eigenvalue weighted by atomic mass is 35.5. The standard InChI is InChI=1S/C18H29N3O3S.ClH/c1-18(2,3)14-6-8-16(9-7-14)25(23,24)20-12-10-17(22)21-15-5-4-11-19-13-15;/h6-9,15,19-20H,4-5,10-13H2,1-3H3,(H,21,22);1H/t15-;/m0./s1. The Morgan fingerprint density at radius 2 is 1.88 bits per heavy atom. The van der Waals surface area contributed by atoms with Crippen molar-refractivity contribution in [2.24, 2.45) is 0 Å². The fourth-order valence-electron chi connectivity index (χ4n) is 2.79. The second-order valence-electron chi connectivity index (χ2n) is 7.53. The summed E-state index contributed by atoms with van der Waals surface area (Å²) in [5.74, 6) is -0.125. The van der Waals surface area contributed by atoms with Crippen LogP contribution in [-0.4, -0.2) is 40.0 Å².